The molecule has 2 aliphatic rings. The number of nitrogen functional groups attached to an aromatic ring is 1. The van der Waals surface area contributed by atoms with Crippen LogP contribution in [0, 0.1) is 18.2 Å². The van der Waals surface area contributed by atoms with Gasteiger partial charge in [0.1, 0.15) is 17.7 Å². The van der Waals surface area contributed by atoms with Gasteiger partial charge in [-0.3, -0.25) is 4.90 Å². The molecular formula is C28H32F4N2O3. The van der Waals surface area contributed by atoms with E-state index >= 15 is 0 Å². The molecule has 0 aromatic heterocycles. The molecule has 4 rings (SSSR count). The van der Waals surface area contributed by atoms with Gasteiger partial charge in [0.15, 0.2) is 0 Å². The summed E-state index contributed by atoms with van der Waals surface area (Å²) in [4.78, 5) is 14.6. The molecule has 0 unspecified atom stereocenters. The number of carbonyl (C=O) groups excluding carboxylic acids is 1. The summed E-state index contributed by atoms with van der Waals surface area (Å²) in [5.74, 6) is -0.219. The van der Waals surface area contributed by atoms with Gasteiger partial charge in [0.25, 0.3) is 0 Å². The third-order valence-corrected chi connectivity index (χ3v) is 7.32. The monoisotopic (exact) mass is 520 g/mol. The number of hydrogen-bond donors (Lipinski definition) is 1. The maximum atomic E-state index is 14.1. The second-order valence-electron chi connectivity index (χ2n) is 10.8. The van der Waals surface area contributed by atoms with E-state index in [1.165, 1.54) is 13.2 Å². The molecule has 1 amide bonds. The Bertz CT molecular complexity index is 1250. The predicted molar refractivity (Wildman–Crippen MR) is 133 cm³/mol. The van der Waals surface area contributed by atoms with Crippen molar-refractivity contribution in [1.82, 2.24) is 4.90 Å². The molecule has 0 bridgehead atoms. The molecule has 0 spiro atoms. The van der Waals surface area contributed by atoms with Crippen molar-refractivity contribution >= 4 is 17.4 Å². The number of carbonyl (C=O) groups is 1. The zero-order valence-corrected chi connectivity index (χ0v) is 21.6. The molecule has 9 heteroatoms. The fourth-order valence-corrected chi connectivity index (χ4v) is 5.37. The molecule has 2 aromatic carbocycles. The van der Waals surface area contributed by atoms with E-state index in [4.69, 9.17) is 15.2 Å². The highest BCUT2D eigenvalue weighted by atomic mass is 19.4. The average molecular weight is 521 g/mol. The molecule has 1 saturated heterocycles. The normalized spacial score (nSPS) is 21.9. The van der Waals surface area contributed by atoms with Crippen LogP contribution in [0.15, 0.2) is 35.9 Å². The summed E-state index contributed by atoms with van der Waals surface area (Å²) < 4.78 is 65.5. The van der Waals surface area contributed by atoms with Crippen LogP contribution >= 0.6 is 0 Å². The summed E-state index contributed by atoms with van der Waals surface area (Å²) in [6, 6.07) is 6.05. The summed E-state index contributed by atoms with van der Waals surface area (Å²) in [6.45, 7) is 7.87. The Balaban J connectivity index is 1.71. The first kappa shape index (κ1) is 26.8. The van der Waals surface area contributed by atoms with Crippen LogP contribution in [0.25, 0.3) is 5.57 Å². The van der Waals surface area contributed by atoms with Gasteiger partial charge < -0.3 is 15.2 Å². The molecule has 5 nitrogen and oxygen atoms in total. The minimum absolute atomic E-state index is 0.00131. The van der Waals surface area contributed by atoms with E-state index in [1.807, 2.05) is 0 Å². The third kappa shape index (κ3) is 5.40. The third-order valence-electron chi connectivity index (χ3n) is 7.32. The number of anilines is 1. The number of alkyl halides is 3. The zero-order valence-electron chi connectivity index (χ0n) is 21.6. The van der Waals surface area contributed by atoms with Crippen molar-refractivity contribution in [3.05, 3.63) is 64.0 Å². The molecular weight excluding hydrogens is 488 g/mol. The molecule has 0 saturated carbocycles. The summed E-state index contributed by atoms with van der Waals surface area (Å²) >= 11 is 0. The predicted octanol–water partition coefficient (Wildman–Crippen LogP) is 7.29. The smallest absolute Gasteiger partial charge is 0.416 e. The van der Waals surface area contributed by atoms with Crippen molar-refractivity contribution in [3.63, 3.8) is 0 Å². The highest BCUT2D eigenvalue weighted by Crippen LogP contribution is 2.46. The number of allylic oxidation sites excluding steroid dienone is 1. The van der Waals surface area contributed by atoms with Crippen LogP contribution in [0.1, 0.15) is 68.4 Å². The van der Waals surface area contributed by atoms with Crippen molar-refractivity contribution in [2.75, 3.05) is 19.4 Å². The number of rotatable bonds is 5. The van der Waals surface area contributed by atoms with Crippen LogP contribution in [0.3, 0.4) is 0 Å². The van der Waals surface area contributed by atoms with Crippen molar-refractivity contribution < 1.29 is 31.8 Å². The number of hydrogen-bond acceptors (Lipinski definition) is 4. The van der Waals surface area contributed by atoms with E-state index in [2.05, 4.69) is 13.8 Å². The minimum atomic E-state index is -4.50. The Hall–Kier alpha value is -3.23. The Labute approximate surface area is 214 Å². The number of halogens is 4. The minimum Gasteiger partial charge on any atom is -0.496 e. The van der Waals surface area contributed by atoms with Gasteiger partial charge in [-0.1, -0.05) is 25.5 Å². The Kier molecular flexibility index (Phi) is 6.94. The average Bonchev–Trinajstić information content (AvgIpc) is 3.08. The SMILES string of the molecule is COc1cc(F)c(N)cc1C1=C(CN2C(=O)O[C@H](c3cc(C)cc(C(F)(F)F)c3)[C@@H]2C)CC(C)(C)CC1. The van der Waals surface area contributed by atoms with Crippen molar-refractivity contribution in [1.29, 1.82) is 0 Å². The number of nitrogens with two attached hydrogens (primary N) is 1. The summed E-state index contributed by atoms with van der Waals surface area (Å²) in [7, 11) is 1.46. The number of amides is 1. The molecule has 2 atom stereocenters. The van der Waals surface area contributed by atoms with Gasteiger partial charge in [0.05, 0.1) is 24.4 Å². The first-order valence-electron chi connectivity index (χ1n) is 12.2. The van der Waals surface area contributed by atoms with Crippen LogP contribution in [-0.2, 0) is 10.9 Å². The fourth-order valence-electron chi connectivity index (χ4n) is 5.37. The Morgan fingerprint density at radius 3 is 2.54 bits per heavy atom. The largest absolute Gasteiger partial charge is 0.496 e. The number of nitrogens with zero attached hydrogens (tertiary/aromatic N) is 1. The van der Waals surface area contributed by atoms with Crippen molar-refractivity contribution in [2.45, 2.75) is 65.3 Å². The van der Waals surface area contributed by atoms with E-state index in [9.17, 15) is 22.4 Å². The van der Waals surface area contributed by atoms with Crippen LogP contribution in [0.5, 0.6) is 5.75 Å². The molecule has 1 heterocycles. The van der Waals surface area contributed by atoms with Crippen LogP contribution < -0.4 is 10.5 Å². The molecule has 2 N–H and O–H groups in total. The highest BCUT2D eigenvalue weighted by molar-refractivity contribution is 5.78. The van der Waals surface area contributed by atoms with Gasteiger partial charge in [-0.15, -0.1) is 0 Å². The van der Waals surface area contributed by atoms with E-state index in [0.29, 0.717) is 35.3 Å². The maximum Gasteiger partial charge on any atom is 0.416 e. The standard InChI is InChI=1S/C28H32F4N2O3/c1-15-8-17(10-19(9-15)28(30,31)32)25-16(2)34(26(35)37-25)14-18-13-27(3,4)7-6-20(18)21-11-23(33)22(29)12-24(21)36-5/h8-12,16,25H,6-7,13-14,33H2,1-5H3/t16-,25-/m0/s1. The lowest BCUT2D eigenvalue weighted by Gasteiger charge is -2.36. The maximum absolute atomic E-state index is 14.1. The molecule has 2 aromatic rings. The van der Waals surface area contributed by atoms with Gasteiger partial charge in [0, 0.05) is 18.2 Å². The highest BCUT2D eigenvalue weighted by Gasteiger charge is 2.42. The number of methoxy groups -OCH3 is 1. The number of aryl methyl sites for hydroxylation is 1. The second kappa shape index (κ2) is 9.58. The van der Waals surface area contributed by atoms with Gasteiger partial charge >= 0.3 is 12.3 Å². The quantitative estimate of drug-likeness (QED) is 0.332. The Morgan fingerprint density at radius 1 is 1.19 bits per heavy atom. The number of ether oxygens (including phenoxy) is 2. The van der Waals surface area contributed by atoms with Crippen molar-refractivity contribution in [3.8, 4) is 5.75 Å². The molecule has 1 aliphatic carbocycles. The van der Waals surface area contributed by atoms with Crippen LogP contribution in [0.2, 0.25) is 0 Å². The van der Waals surface area contributed by atoms with Gasteiger partial charge in [-0.2, -0.15) is 13.2 Å². The van der Waals surface area contributed by atoms with Crippen LogP contribution in [0.4, 0.5) is 28.0 Å². The van der Waals surface area contributed by atoms with Crippen LogP contribution in [-0.4, -0.2) is 30.7 Å². The lowest BCUT2D eigenvalue weighted by molar-refractivity contribution is -0.137. The van der Waals surface area contributed by atoms with Crippen molar-refractivity contribution in [2.24, 2.45) is 5.41 Å². The van der Waals surface area contributed by atoms with Gasteiger partial charge in [0.2, 0.25) is 0 Å². The lowest BCUT2D eigenvalue weighted by Crippen LogP contribution is -2.35. The lowest BCUT2D eigenvalue weighted by atomic mass is 9.72. The molecule has 0 radical (unpaired) electrons. The summed E-state index contributed by atoms with van der Waals surface area (Å²) in [5, 5.41) is 0. The number of cyclic esters (lactones) is 1. The molecule has 1 aliphatic heterocycles. The van der Waals surface area contributed by atoms with E-state index < -0.39 is 35.8 Å². The first-order valence-corrected chi connectivity index (χ1v) is 12.2. The Morgan fingerprint density at radius 2 is 1.89 bits per heavy atom. The first-order chi connectivity index (χ1) is 17.2. The summed E-state index contributed by atoms with van der Waals surface area (Å²) in [6.07, 6.45) is -3.71. The number of benzene rings is 2. The topological polar surface area (TPSA) is 64.8 Å². The van der Waals surface area contributed by atoms with E-state index in [0.717, 1.165) is 29.7 Å². The zero-order chi connectivity index (χ0) is 27.3. The molecule has 1 fully saturated rings. The van der Waals surface area contributed by atoms with Gasteiger partial charge in [-0.25, -0.2) is 9.18 Å². The summed E-state index contributed by atoms with van der Waals surface area (Å²) in [5.41, 5.74) is 8.38. The molecule has 200 valence electrons. The second-order valence-corrected chi connectivity index (χ2v) is 10.8. The fraction of sp³-hybridized carbons (Fsp3) is 0.464. The molecule has 37 heavy (non-hydrogen) atoms. The van der Waals surface area contributed by atoms with E-state index in [-0.39, 0.29) is 17.6 Å². The van der Waals surface area contributed by atoms with E-state index in [1.54, 1.807) is 30.9 Å². The van der Waals surface area contributed by atoms with Gasteiger partial charge in [-0.05, 0) is 73.4 Å².